The van der Waals surface area contributed by atoms with E-state index in [-0.39, 0.29) is 5.56 Å². The van der Waals surface area contributed by atoms with Crippen molar-refractivity contribution >= 4 is 16.9 Å². The summed E-state index contributed by atoms with van der Waals surface area (Å²) >= 11 is 0. The van der Waals surface area contributed by atoms with Crippen molar-refractivity contribution in [1.82, 2.24) is 4.57 Å². The van der Waals surface area contributed by atoms with Gasteiger partial charge in [-0.15, -0.1) is 0 Å². The van der Waals surface area contributed by atoms with E-state index in [9.17, 15) is 9.59 Å². The highest BCUT2D eigenvalue weighted by Gasteiger charge is 2.18. The molecule has 2 aromatic rings. The third-order valence-electron chi connectivity index (χ3n) is 3.74. The summed E-state index contributed by atoms with van der Waals surface area (Å²) in [6.07, 6.45) is 3.03. The number of nitrogens with zero attached hydrogens (tertiary/aromatic N) is 1. The molecule has 0 aliphatic carbocycles. The zero-order valence-electron chi connectivity index (χ0n) is 13.6. The first-order valence-electron chi connectivity index (χ1n) is 7.58. The monoisotopic (exact) mass is 319 g/mol. The van der Waals surface area contributed by atoms with Gasteiger partial charge in [-0.25, -0.2) is 4.79 Å². The van der Waals surface area contributed by atoms with Gasteiger partial charge < -0.3 is 19.1 Å². The van der Waals surface area contributed by atoms with E-state index in [2.05, 4.69) is 6.92 Å². The average molecular weight is 319 g/mol. The van der Waals surface area contributed by atoms with Crippen LogP contribution in [0.2, 0.25) is 0 Å². The van der Waals surface area contributed by atoms with Gasteiger partial charge in [-0.3, -0.25) is 4.79 Å². The highest BCUT2D eigenvalue weighted by atomic mass is 16.5. The quantitative estimate of drug-likeness (QED) is 0.794. The highest BCUT2D eigenvalue weighted by molar-refractivity contribution is 5.95. The van der Waals surface area contributed by atoms with E-state index in [4.69, 9.17) is 14.6 Å². The van der Waals surface area contributed by atoms with Crippen LogP contribution in [0.1, 0.15) is 36.5 Å². The zero-order valence-corrected chi connectivity index (χ0v) is 13.6. The lowest BCUT2D eigenvalue weighted by Crippen LogP contribution is -2.24. The molecular weight excluding hydrogens is 298 g/mol. The van der Waals surface area contributed by atoms with E-state index < -0.39 is 11.5 Å². The molecule has 6 heteroatoms. The van der Waals surface area contributed by atoms with E-state index >= 15 is 0 Å². The number of aromatic carboxylic acids is 1. The van der Waals surface area contributed by atoms with Gasteiger partial charge in [0.1, 0.15) is 5.56 Å². The number of methoxy groups -OCH3 is 1. The maximum absolute atomic E-state index is 12.2. The van der Waals surface area contributed by atoms with Crippen LogP contribution < -0.4 is 15.0 Å². The molecule has 1 N–H and O–H groups in total. The van der Waals surface area contributed by atoms with Crippen LogP contribution in [0.3, 0.4) is 0 Å². The van der Waals surface area contributed by atoms with Crippen LogP contribution in [-0.4, -0.2) is 29.4 Å². The number of aryl methyl sites for hydroxylation is 1. The number of ether oxygens (including phenoxy) is 2. The predicted molar refractivity (Wildman–Crippen MR) is 87.7 cm³/mol. The fraction of sp³-hybridized carbons (Fsp3) is 0.412. The lowest BCUT2D eigenvalue weighted by molar-refractivity contribution is 0.0694. The molecule has 0 aliphatic heterocycles. The van der Waals surface area contributed by atoms with E-state index in [0.29, 0.717) is 29.0 Å². The molecule has 0 aliphatic rings. The molecule has 23 heavy (non-hydrogen) atoms. The summed E-state index contributed by atoms with van der Waals surface area (Å²) in [5.41, 5.74) is -0.297. The van der Waals surface area contributed by atoms with Crippen molar-refractivity contribution in [2.24, 2.45) is 7.05 Å². The molecule has 6 nitrogen and oxygen atoms in total. The molecule has 0 saturated heterocycles. The van der Waals surface area contributed by atoms with Crippen LogP contribution in [0.4, 0.5) is 0 Å². The van der Waals surface area contributed by atoms with Crippen molar-refractivity contribution in [3.05, 3.63) is 34.1 Å². The van der Waals surface area contributed by atoms with Gasteiger partial charge in [-0.2, -0.15) is 0 Å². The summed E-state index contributed by atoms with van der Waals surface area (Å²) in [6.45, 7) is 2.62. The fourth-order valence-corrected chi connectivity index (χ4v) is 2.51. The number of carboxylic acid groups (broad SMARTS) is 1. The Morgan fingerprint density at radius 3 is 2.65 bits per heavy atom. The number of aromatic nitrogens is 1. The number of fused-ring (bicyclic) bond motifs is 1. The Bertz CT molecular complexity index is 779. The lowest BCUT2D eigenvalue weighted by Gasteiger charge is -2.16. The van der Waals surface area contributed by atoms with Crippen LogP contribution in [0.15, 0.2) is 23.0 Å². The number of unbranched alkanes of at least 4 members (excludes halogenated alkanes) is 2. The maximum Gasteiger partial charge on any atom is 0.341 e. The number of hydrogen-bond acceptors (Lipinski definition) is 4. The zero-order chi connectivity index (χ0) is 17.0. The molecule has 1 aromatic carbocycles. The third kappa shape index (κ3) is 3.31. The summed E-state index contributed by atoms with van der Waals surface area (Å²) in [4.78, 5) is 23.4. The minimum Gasteiger partial charge on any atom is -0.493 e. The second kappa shape index (κ2) is 7.17. The molecular formula is C17H21NO5. The normalized spacial score (nSPS) is 10.7. The number of hydrogen-bond donors (Lipinski definition) is 1. The summed E-state index contributed by atoms with van der Waals surface area (Å²) in [7, 11) is 3.07. The summed E-state index contributed by atoms with van der Waals surface area (Å²) in [6, 6.07) is 4.81. The molecule has 0 fully saturated rings. The van der Waals surface area contributed by atoms with Crippen molar-refractivity contribution in [2.45, 2.75) is 26.2 Å². The molecule has 0 spiro atoms. The molecule has 1 heterocycles. The van der Waals surface area contributed by atoms with Gasteiger partial charge in [0.05, 0.1) is 19.2 Å². The van der Waals surface area contributed by atoms with Crippen LogP contribution in [-0.2, 0) is 7.05 Å². The second-order valence-electron chi connectivity index (χ2n) is 5.32. The Hall–Kier alpha value is -2.50. The van der Waals surface area contributed by atoms with Crippen molar-refractivity contribution in [3.63, 3.8) is 0 Å². The van der Waals surface area contributed by atoms with Gasteiger partial charge in [0.15, 0.2) is 11.5 Å². The SMILES string of the molecule is CCCCCOc1c(OC)ccc2cc(C(=O)O)c(=O)n(C)c12. The predicted octanol–water partition coefficient (Wildman–Crippen LogP) is 2.81. The molecule has 0 unspecified atom stereocenters. The fourth-order valence-electron chi connectivity index (χ4n) is 2.51. The largest absolute Gasteiger partial charge is 0.493 e. The van der Waals surface area contributed by atoms with Gasteiger partial charge in [0.25, 0.3) is 5.56 Å². The minimum absolute atomic E-state index is 0.262. The van der Waals surface area contributed by atoms with E-state index in [0.717, 1.165) is 19.3 Å². The van der Waals surface area contributed by atoms with Gasteiger partial charge in [0, 0.05) is 12.4 Å². The first kappa shape index (κ1) is 16.9. The van der Waals surface area contributed by atoms with E-state index in [1.165, 1.54) is 24.8 Å². The van der Waals surface area contributed by atoms with Gasteiger partial charge >= 0.3 is 5.97 Å². The topological polar surface area (TPSA) is 77.8 Å². The molecule has 2 rings (SSSR count). The first-order chi connectivity index (χ1) is 11.0. The van der Waals surface area contributed by atoms with E-state index in [1.54, 1.807) is 12.1 Å². The summed E-state index contributed by atoms with van der Waals surface area (Å²) < 4.78 is 12.5. The summed E-state index contributed by atoms with van der Waals surface area (Å²) in [5, 5.41) is 9.77. The van der Waals surface area contributed by atoms with Crippen LogP contribution >= 0.6 is 0 Å². The molecule has 1 aromatic heterocycles. The molecule has 124 valence electrons. The number of carboxylic acids is 1. The smallest absolute Gasteiger partial charge is 0.341 e. The molecule has 0 bridgehead atoms. The minimum atomic E-state index is -1.24. The van der Waals surface area contributed by atoms with Crippen LogP contribution in [0.25, 0.3) is 10.9 Å². The standard InChI is InChI=1S/C17H21NO5/c1-4-5-6-9-23-15-13(22-3)8-7-11-10-12(17(20)21)16(19)18(2)14(11)15/h7-8,10H,4-6,9H2,1-3H3,(H,20,21). The Morgan fingerprint density at radius 2 is 2.04 bits per heavy atom. The highest BCUT2D eigenvalue weighted by Crippen LogP contribution is 2.35. The number of pyridine rings is 1. The Morgan fingerprint density at radius 1 is 1.30 bits per heavy atom. The van der Waals surface area contributed by atoms with Crippen molar-refractivity contribution in [2.75, 3.05) is 13.7 Å². The number of rotatable bonds is 7. The molecule has 0 atom stereocenters. The Labute approximate surface area is 134 Å². The summed E-state index contributed by atoms with van der Waals surface area (Å²) in [5.74, 6) is -0.251. The van der Waals surface area contributed by atoms with Gasteiger partial charge in [-0.05, 0) is 24.6 Å². The van der Waals surface area contributed by atoms with Gasteiger partial charge in [0.2, 0.25) is 0 Å². The van der Waals surface area contributed by atoms with E-state index in [1.807, 2.05) is 0 Å². The van der Waals surface area contributed by atoms with Crippen molar-refractivity contribution in [3.8, 4) is 11.5 Å². The van der Waals surface area contributed by atoms with Crippen LogP contribution in [0.5, 0.6) is 11.5 Å². The number of benzene rings is 1. The lowest BCUT2D eigenvalue weighted by atomic mass is 10.1. The molecule has 0 amide bonds. The average Bonchev–Trinajstić information content (AvgIpc) is 2.54. The van der Waals surface area contributed by atoms with Crippen molar-refractivity contribution in [1.29, 1.82) is 0 Å². The Balaban J connectivity index is 2.60. The first-order valence-corrected chi connectivity index (χ1v) is 7.58. The third-order valence-corrected chi connectivity index (χ3v) is 3.74. The van der Waals surface area contributed by atoms with Gasteiger partial charge in [-0.1, -0.05) is 19.8 Å². The van der Waals surface area contributed by atoms with Crippen molar-refractivity contribution < 1.29 is 19.4 Å². The Kier molecular flexibility index (Phi) is 5.26. The van der Waals surface area contributed by atoms with Crippen LogP contribution in [0, 0.1) is 0 Å². The second-order valence-corrected chi connectivity index (χ2v) is 5.32. The molecule has 0 radical (unpaired) electrons. The number of carbonyl (C=O) groups is 1. The maximum atomic E-state index is 12.2. The molecule has 0 saturated carbocycles.